The highest BCUT2D eigenvalue weighted by Crippen LogP contribution is 2.24. The lowest BCUT2D eigenvalue weighted by Crippen LogP contribution is -2.27. The molecular formula is C15H21NO2. The van der Waals surface area contributed by atoms with Crippen LogP contribution >= 0.6 is 0 Å². The van der Waals surface area contributed by atoms with E-state index in [1.54, 1.807) is 14.2 Å². The minimum atomic E-state index is 0.349. The molecule has 0 aliphatic heterocycles. The SMILES string of the molecule is C#CCC(CC)NCc1ccc(OC)cc1OC. The fourth-order valence-corrected chi connectivity index (χ4v) is 1.76. The Morgan fingerprint density at radius 1 is 1.33 bits per heavy atom. The first kappa shape index (κ1) is 14.4. The van der Waals surface area contributed by atoms with Crippen molar-refractivity contribution in [2.75, 3.05) is 14.2 Å². The summed E-state index contributed by atoms with van der Waals surface area (Å²) >= 11 is 0. The Bertz CT molecular complexity index is 409. The summed E-state index contributed by atoms with van der Waals surface area (Å²) in [6, 6.07) is 6.18. The molecule has 1 atom stereocenters. The van der Waals surface area contributed by atoms with Crippen LogP contribution in [0.15, 0.2) is 18.2 Å². The van der Waals surface area contributed by atoms with E-state index >= 15 is 0 Å². The van der Waals surface area contributed by atoms with E-state index in [2.05, 4.69) is 18.2 Å². The fraction of sp³-hybridized carbons (Fsp3) is 0.467. The van der Waals surface area contributed by atoms with Crippen LogP contribution in [0.4, 0.5) is 0 Å². The van der Waals surface area contributed by atoms with Gasteiger partial charge in [0.1, 0.15) is 11.5 Å². The predicted octanol–water partition coefficient (Wildman–Crippen LogP) is 2.60. The topological polar surface area (TPSA) is 30.5 Å². The highest BCUT2D eigenvalue weighted by atomic mass is 16.5. The largest absolute Gasteiger partial charge is 0.497 e. The van der Waals surface area contributed by atoms with E-state index in [0.717, 1.165) is 36.4 Å². The van der Waals surface area contributed by atoms with Crippen molar-refractivity contribution in [1.82, 2.24) is 5.32 Å². The molecule has 1 rings (SSSR count). The first-order chi connectivity index (χ1) is 8.74. The lowest BCUT2D eigenvalue weighted by Gasteiger charge is -2.16. The minimum Gasteiger partial charge on any atom is -0.497 e. The zero-order valence-corrected chi connectivity index (χ0v) is 11.3. The molecule has 0 aromatic heterocycles. The predicted molar refractivity (Wildman–Crippen MR) is 73.9 cm³/mol. The maximum atomic E-state index is 5.35. The van der Waals surface area contributed by atoms with Crippen molar-refractivity contribution in [3.05, 3.63) is 23.8 Å². The lowest BCUT2D eigenvalue weighted by molar-refractivity contribution is 0.388. The molecule has 18 heavy (non-hydrogen) atoms. The fourth-order valence-electron chi connectivity index (χ4n) is 1.76. The van der Waals surface area contributed by atoms with Crippen molar-refractivity contribution in [2.24, 2.45) is 0 Å². The summed E-state index contributed by atoms with van der Waals surface area (Å²) in [5, 5.41) is 3.44. The number of nitrogens with one attached hydrogen (secondary N) is 1. The van der Waals surface area contributed by atoms with Crippen LogP contribution < -0.4 is 14.8 Å². The standard InChI is InChI=1S/C15H21NO2/c1-5-7-13(6-2)16-11-12-8-9-14(17-3)10-15(12)18-4/h1,8-10,13,16H,6-7,11H2,2-4H3. The average molecular weight is 247 g/mol. The van der Waals surface area contributed by atoms with Crippen LogP contribution in [0.1, 0.15) is 25.3 Å². The summed E-state index contributed by atoms with van der Waals surface area (Å²) in [5.41, 5.74) is 1.11. The Kier molecular flexibility index (Phi) is 6.10. The third-order valence-corrected chi connectivity index (χ3v) is 2.93. The van der Waals surface area contributed by atoms with Crippen molar-refractivity contribution < 1.29 is 9.47 Å². The van der Waals surface area contributed by atoms with Crippen LogP contribution in [-0.2, 0) is 6.54 Å². The van der Waals surface area contributed by atoms with Crippen molar-refractivity contribution in [3.63, 3.8) is 0 Å². The van der Waals surface area contributed by atoms with Gasteiger partial charge in [0.25, 0.3) is 0 Å². The van der Waals surface area contributed by atoms with Crippen LogP contribution in [0.3, 0.4) is 0 Å². The third kappa shape index (κ3) is 3.97. The molecule has 98 valence electrons. The smallest absolute Gasteiger partial charge is 0.127 e. The summed E-state index contributed by atoms with van der Waals surface area (Å²) in [6.07, 6.45) is 7.10. The van der Waals surface area contributed by atoms with Crippen molar-refractivity contribution >= 4 is 0 Å². The van der Waals surface area contributed by atoms with E-state index in [4.69, 9.17) is 15.9 Å². The van der Waals surface area contributed by atoms with Crippen LogP contribution in [0.2, 0.25) is 0 Å². The van der Waals surface area contributed by atoms with E-state index in [1.807, 2.05) is 18.2 Å². The molecule has 1 N–H and O–H groups in total. The van der Waals surface area contributed by atoms with Gasteiger partial charge in [-0.2, -0.15) is 0 Å². The van der Waals surface area contributed by atoms with E-state index < -0.39 is 0 Å². The second-order valence-corrected chi connectivity index (χ2v) is 4.07. The maximum absolute atomic E-state index is 5.35. The van der Waals surface area contributed by atoms with Gasteiger partial charge in [0.2, 0.25) is 0 Å². The van der Waals surface area contributed by atoms with Crippen molar-refractivity contribution in [3.8, 4) is 23.8 Å². The van der Waals surface area contributed by atoms with Crippen LogP contribution in [-0.4, -0.2) is 20.3 Å². The molecule has 3 heteroatoms. The molecule has 0 saturated heterocycles. The van der Waals surface area contributed by atoms with Crippen LogP contribution in [0.25, 0.3) is 0 Å². The Morgan fingerprint density at radius 2 is 2.11 bits per heavy atom. The van der Waals surface area contributed by atoms with Gasteiger partial charge in [-0.1, -0.05) is 13.0 Å². The van der Waals surface area contributed by atoms with Crippen molar-refractivity contribution in [1.29, 1.82) is 0 Å². The van der Waals surface area contributed by atoms with E-state index in [1.165, 1.54) is 0 Å². The number of ether oxygens (including phenoxy) is 2. The summed E-state index contributed by atoms with van der Waals surface area (Å²) in [4.78, 5) is 0. The molecule has 0 aliphatic rings. The number of hydrogen-bond acceptors (Lipinski definition) is 3. The number of benzene rings is 1. The molecular weight excluding hydrogens is 226 g/mol. The zero-order chi connectivity index (χ0) is 13.4. The van der Waals surface area contributed by atoms with Gasteiger partial charge in [0.05, 0.1) is 14.2 Å². The molecule has 1 aromatic rings. The van der Waals surface area contributed by atoms with Crippen molar-refractivity contribution in [2.45, 2.75) is 32.4 Å². The highest BCUT2D eigenvalue weighted by molar-refractivity contribution is 5.40. The lowest BCUT2D eigenvalue weighted by atomic mass is 10.1. The Morgan fingerprint density at radius 3 is 2.67 bits per heavy atom. The van der Waals surface area contributed by atoms with Gasteiger partial charge in [-0.3, -0.25) is 0 Å². The number of hydrogen-bond donors (Lipinski definition) is 1. The molecule has 3 nitrogen and oxygen atoms in total. The zero-order valence-electron chi connectivity index (χ0n) is 11.3. The molecule has 0 aliphatic carbocycles. The first-order valence-corrected chi connectivity index (χ1v) is 6.12. The number of terminal acetylenes is 1. The van der Waals surface area contributed by atoms with Gasteiger partial charge in [0.15, 0.2) is 0 Å². The second-order valence-electron chi connectivity index (χ2n) is 4.07. The molecule has 0 saturated carbocycles. The quantitative estimate of drug-likeness (QED) is 0.751. The molecule has 1 aromatic carbocycles. The van der Waals surface area contributed by atoms with Gasteiger partial charge >= 0.3 is 0 Å². The third-order valence-electron chi connectivity index (χ3n) is 2.93. The molecule has 1 unspecified atom stereocenters. The van der Waals surface area contributed by atoms with E-state index in [0.29, 0.717) is 6.04 Å². The summed E-state index contributed by atoms with van der Waals surface area (Å²) in [5.74, 6) is 4.32. The monoisotopic (exact) mass is 247 g/mol. The van der Waals surface area contributed by atoms with Gasteiger partial charge in [-0.15, -0.1) is 12.3 Å². The summed E-state index contributed by atoms with van der Waals surface area (Å²) in [7, 11) is 3.31. The van der Waals surface area contributed by atoms with Gasteiger partial charge in [-0.25, -0.2) is 0 Å². The highest BCUT2D eigenvalue weighted by Gasteiger charge is 2.08. The molecule has 0 fully saturated rings. The van der Waals surface area contributed by atoms with Crippen LogP contribution in [0.5, 0.6) is 11.5 Å². The number of methoxy groups -OCH3 is 2. The van der Waals surface area contributed by atoms with Crippen LogP contribution in [0, 0.1) is 12.3 Å². The van der Waals surface area contributed by atoms with E-state index in [-0.39, 0.29) is 0 Å². The minimum absolute atomic E-state index is 0.349. The molecule has 0 bridgehead atoms. The molecule has 0 radical (unpaired) electrons. The Hall–Kier alpha value is -1.66. The molecule has 0 heterocycles. The first-order valence-electron chi connectivity index (χ1n) is 6.12. The number of rotatable bonds is 7. The average Bonchev–Trinajstić information content (AvgIpc) is 2.43. The normalized spacial score (nSPS) is 11.7. The van der Waals surface area contributed by atoms with E-state index in [9.17, 15) is 0 Å². The molecule has 0 spiro atoms. The maximum Gasteiger partial charge on any atom is 0.127 e. The Balaban J connectivity index is 2.69. The second kappa shape index (κ2) is 7.62. The summed E-state index contributed by atoms with van der Waals surface area (Å²) < 4.78 is 10.5. The summed E-state index contributed by atoms with van der Waals surface area (Å²) in [6.45, 7) is 2.87. The van der Waals surface area contributed by atoms with Gasteiger partial charge in [0, 0.05) is 30.6 Å². The van der Waals surface area contributed by atoms with Gasteiger partial charge in [-0.05, 0) is 12.5 Å². The Labute approximate surface area is 109 Å². The van der Waals surface area contributed by atoms with Gasteiger partial charge < -0.3 is 14.8 Å². The molecule has 0 amide bonds.